The number of benzene rings is 10. The summed E-state index contributed by atoms with van der Waals surface area (Å²) < 4.78 is 16.9. The van der Waals surface area contributed by atoms with E-state index in [4.69, 9.17) is 0 Å². The normalized spacial score (nSPS) is 12.9. The van der Waals surface area contributed by atoms with E-state index in [2.05, 4.69) is 147 Å². The van der Waals surface area contributed by atoms with Gasteiger partial charge in [0.2, 0.25) is 0 Å². The first-order valence-electron chi connectivity index (χ1n) is 21.0. The van der Waals surface area contributed by atoms with Crippen molar-refractivity contribution >= 4 is 61.5 Å². The van der Waals surface area contributed by atoms with E-state index in [1.807, 2.05) is 83.8 Å². The average molecular weight is 784 g/mol. The quantitative estimate of drug-likeness (QED) is 0.110. The zero-order valence-corrected chi connectivity index (χ0v) is 34.1. The van der Waals surface area contributed by atoms with Crippen molar-refractivity contribution in [3.63, 3.8) is 0 Å². The monoisotopic (exact) mass is 783 g/mol. The molecule has 0 aliphatic heterocycles. The molecule has 0 fully saturated rings. The molecule has 1 aliphatic rings. The van der Waals surface area contributed by atoms with Crippen LogP contribution in [0.2, 0.25) is 0 Å². The van der Waals surface area contributed by atoms with Crippen molar-refractivity contribution < 1.29 is 4.39 Å². The Morgan fingerprint density at radius 1 is 0.393 bits per heavy atom. The smallest absolute Gasteiger partial charge is 0.148 e. The first-order chi connectivity index (χ1) is 29.9. The zero-order valence-electron chi connectivity index (χ0n) is 34.1. The van der Waals surface area contributed by atoms with Crippen LogP contribution >= 0.6 is 0 Å². The Kier molecular flexibility index (Phi) is 8.75. The van der Waals surface area contributed by atoms with E-state index >= 15 is 4.39 Å². The van der Waals surface area contributed by atoms with Crippen LogP contribution in [0.1, 0.15) is 36.1 Å². The second-order valence-corrected chi connectivity index (χ2v) is 16.7. The van der Waals surface area contributed by atoms with Crippen molar-refractivity contribution in [2.24, 2.45) is 0 Å². The third kappa shape index (κ3) is 6.40. The second kappa shape index (κ2) is 14.6. The second-order valence-electron chi connectivity index (χ2n) is 16.7. The molecule has 10 aromatic carbocycles. The van der Waals surface area contributed by atoms with Crippen molar-refractivity contribution in [3.05, 3.63) is 234 Å². The summed E-state index contributed by atoms with van der Waals surface area (Å²) in [4.78, 5) is 2.04. The molecule has 0 heterocycles. The van der Waals surface area contributed by atoms with Crippen molar-refractivity contribution in [2.75, 3.05) is 4.90 Å². The molecule has 0 spiro atoms. The van der Waals surface area contributed by atoms with Crippen LogP contribution in [0.15, 0.2) is 206 Å². The Bertz CT molecular complexity index is 3310. The summed E-state index contributed by atoms with van der Waals surface area (Å²) in [5.74, 6) is -0.287. The van der Waals surface area contributed by atoms with Crippen LogP contribution in [0, 0.1) is 5.82 Å². The Hall–Kier alpha value is -7.55. The highest BCUT2D eigenvalue weighted by atomic mass is 19.1. The minimum absolute atomic E-state index is 0.160. The first-order valence-corrected chi connectivity index (χ1v) is 21.0. The molecular formula is C59H42FN. The third-order valence-corrected chi connectivity index (χ3v) is 12.6. The number of halogens is 1. The van der Waals surface area contributed by atoms with Crippen molar-refractivity contribution in [1.82, 2.24) is 0 Å². The van der Waals surface area contributed by atoms with Crippen LogP contribution in [0.4, 0.5) is 21.5 Å². The summed E-state index contributed by atoms with van der Waals surface area (Å²) in [7, 11) is 0. The predicted molar refractivity (Wildman–Crippen MR) is 257 cm³/mol. The summed E-state index contributed by atoms with van der Waals surface area (Å²) in [6, 6.07) is 71.8. The van der Waals surface area contributed by atoms with E-state index < -0.39 is 0 Å². The minimum Gasteiger partial charge on any atom is -0.307 e. The van der Waals surface area contributed by atoms with Crippen LogP contribution in [0.25, 0.3) is 77.9 Å². The van der Waals surface area contributed by atoms with E-state index in [9.17, 15) is 0 Å². The van der Waals surface area contributed by atoms with Gasteiger partial charge in [-0.25, -0.2) is 4.39 Å². The molecule has 10 aromatic rings. The lowest BCUT2D eigenvalue weighted by Gasteiger charge is -2.29. The Labute approximate surface area is 356 Å². The van der Waals surface area contributed by atoms with Gasteiger partial charge in [-0.3, -0.25) is 0 Å². The summed E-state index contributed by atoms with van der Waals surface area (Å²) >= 11 is 0. The van der Waals surface area contributed by atoms with Crippen LogP contribution in [-0.4, -0.2) is 0 Å². The molecule has 0 bridgehead atoms. The van der Waals surface area contributed by atoms with E-state index in [0.29, 0.717) is 5.69 Å². The van der Waals surface area contributed by atoms with Gasteiger partial charge in [0.15, 0.2) is 0 Å². The minimum atomic E-state index is -0.287. The molecule has 0 unspecified atom stereocenters. The van der Waals surface area contributed by atoms with Gasteiger partial charge >= 0.3 is 0 Å². The molecule has 2 heteroatoms. The number of nitrogens with zero attached hydrogens (tertiary/aromatic N) is 1. The van der Waals surface area contributed by atoms with Crippen LogP contribution < -0.4 is 4.90 Å². The van der Waals surface area contributed by atoms with Crippen LogP contribution in [0.5, 0.6) is 0 Å². The molecule has 1 nitrogen and oxygen atoms in total. The molecule has 0 aromatic heterocycles. The fourth-order valence-electron chi connectivity index (χ4n) is 9.49. The molecule has 0 N–H and O–H groups in total. The highest BCUT2D eigenvalue weighted by Gasteiger charge is 2.35. The molecular weight excluding hydrogens is 742 g/mol. The molecule has 0 saturated carbocycles. The van der Waals surface area contributed by atoms with Gasteiger partial charge in [-0.2, -0.15) is 0 Å². The fraction of sp³-hybridized carbons (Fsp3) is 0.0508. The number of rotatable bonds is 8. The van der Waals surface area contributed by atoms with E-state index in [1.54, 1.807) is 6.07 Å². The average Bonchev–Trinajstić information content (AvgIpc) is 3.54. The van der Waals surface area contributed by atoms with Gasteiger partial charge in [-0.1, -0.05) is 172 Å². The highest BCUT2D eigenvalue weighted by Crippen LogP contribution is 2.51. The van der Waals surface area contributed by atoms with Gasteiger partial charge in [0, 0.05) is 22.4 Å². The predicted octanol–water partition coefficient (Wildman–Crippen LogP) is 16.6. The van der Waals surface area contributed by atoms with E-state index in [-0.39, 0.29) is 11.2 Å². The fourth-order valence-corrected chi connectivity index (χ4v) is 9.49. The number of hydrogen-bond acceptors (Lipinski definition) is 1. The Morgan fingerprint density at radius 3 is 1.66 bits per heavy atom. The highest BCUT2D eigenvalue weighted by molar-refractivity contribution is 6.16. The standard InChI is InChI=1S/C59H42FN/c1-59(2)53-33-40(32-46-28-29-47-35-48(37-54(59)57(47)56(46)53)45-27-26-42-16-12-13-19-44(42)34-45)23-22-39-24-30-51(31-25-39)61(50-20-10-5-11-21-50)58-52(43-17-8-4-9-18-43)36-49(38-55(58)60)41-14-6-3-7-15-41/h3-38H,1-2H3/b23-22+. The van der Waals surface area contributed by atoms with Gasteiger partial charge < -0.3 is 4.90 Å². The molecule has 1 aliphatic carbocycles. The topological polar surface area (TPSA) is 3.24 Å². The van der Waals surface area contributed by atoms with Gasteiger partial charge in [0.05, 0.1) is 5.69 Å². The largest absolute Gasteiger partial charge is 0.307 e. The molecule has 0 radical (unpaired) electrons. The van der Waals surface area contributed by atoms with E-state index in [1.165, 1.54) is 60.1 Å². The Morgan fingerprint density at radius 2 is 0.934 bits per heavy atom. The zero-order chi connectivity index (χ0) is 41.1. The maximum absolute atomic E-state index is 16.9. The number of hydrogen-bond donors (Lipinski definition) is 0. The number of para-hydroxylation sites is 1. The first kappa shape index (κ1) is 36.5. The molecule has 290 valence electrons. The molecule has 11 rings (SSSR count). The van der Waals surface area contributed by atoms with Gasteiger partial charge in [-0.05, 0) is 143 Å². The number of fused-ring (bicyclic) bond motifs is 1. The van der Waals surface area contributed by atoms with Crippen LogP contribution in [0.3, 0.4) is 0 Å². The molecule has 0 amide bonds. The van der Waals surface area contributed by atoms with E-state index in [0.717, 1.165) is 39.2 Å². The maximum Gasteiger partial charge on any atom is 0.148 e. The van der Waals surface area contributed by atoms with Crippen LogP contribution in [-0.2, 0) is 5.41 Å². The van der Waals surface area contributed by atoms with Crippen molar-refractivity contribution in [1.29, 1.82) is 0 Å². The molecule has 0 atom stereocenters. The van der Waals surface area contributed by atoms with Crippen molar-refractivity contribution in [2.45, 2.75) is 19.3 Å². The molecule has 61 heavy (non-hydrogen) atoms. The summed E-state index contributed by atoms with van der Waals surface area (Å²) in [5.41, 5.74) is 13.2. The Balaban J connectivity index is 0.943. The third-order valence-electron chi connectivity index (χ3n) is 12.6. The lowest BCUT2D eigenvalue weighted by molar-refractivity contribution is 0.630. The SMILES string of the molecule is CC1(C)c2cc(/C=C/c3ccc(N(c4ccccc4)c4c(F)cc(-c5ccccc5)cc4-c4ccccc4)cc3)cc3ccc4cc(-c5ccc6ccccc6c5)cc1c4c23. The molecule has 0 saturated heterocycles. The summed E-state index contributed by atoms with van der Waals surface area (Å²) in [6.07, 6.45) is 4.40. The number of anilines is 3. The summed E-state index contributed by atoms with van der Waals surface area (Å²) in [5, 5.41) is 7.80. The lowest BCUT2D eigenvalue weighted by atomic mass is 9.80. The van der Waals surface area contributed by atoms with Gasteiger partial charge in [0.25, 0.3) is 0 Å². The maximum atomic E-state index is 16.9. The van der Waals surface area contributed by atoms with Crippen molar-refractivity contribution in [3.8, 4) is 33.4 Å². The lowest BCUT2D eigenvalue weighted by Crippen LogP contribution is -2.15. The van der Waals surface area contributed by atoms with Gasteiger partial charge in [-0.15, -0.1) is 0 Å². The summed E-state index contributed by atoms with van der Waals surface area (Å²) in [6.45, 7) is 4.74. The van der Waals surface area contributed by atoms with Gasteiger partial charge in [0.1, 0.15) is 5.82 Å².